The molecule has 1 aromatic heterocycles. The number of anilines is 1. The van der Waals surface area contributed by atoms with Crippen LogP contribution in [0.15, 0.2) is 83.5 Å². The van der Waals surface area contributed by atoms with Crippen LogP contribution in [0.2, 0.25) is 0 Å². The molecule has 0 radical (unpaired) electrons. The molecule has 3 aromatic carbocycles. The molecule has 1 aliphatic heterocycles. The number of fused-ring (bicyclic) bond motifs is 2. The maximum Gasteiger partial charge on any atom is 0.120 e. The lowest BCUT2D eigenvalue weighted by atomic mass is 9.78. The van der Waals surface area contributed by atoms with Gasteiger partial charge in [-0.2, -0.15) is 0 Å². The smallest absolute Gasteiger partial charge is 0.120 e. The van der Waals surface area contributed by atoms with E-state index in [1.165, 1.54) is 27.7 Å². The van der Waals surface area contributed by atoms with Crippen molar-refractivity contribution in [2.24, 2.45) is 0 Å². The van der Waals surface area contributed by atoms with E-state index in [0.717, 1.165) is 36.3 Å². The van der Waals surface area contributed by atoms with E-state index in [4.69, 9.17) is 4.74 Å². The lowest BCUT2D eigenvalue weighted by Gasteiger charge is -2.40. The van der Waals surface area contributed by atoms with Crippen molar-refractivity contribution in [3.05, 3.63) is 94.6 Å². The van der Waals surface area contributed by atoms with Crippen LogP contribution in [-0.2, 0) is 12.0 Å². The first-order valence-electron chi connectivity index (χ1n) is 11.3. The molecule has 0 saturated carbocycles. The zero-order valence-electron chi connectivity index (χ0n) is 18.7. The van der Waals surface area contributed by atoms with Crippen molar-refractivity contribution >= 4 is 32.5 Å². The van der Waals surface area contributed by atoms with Crippen molar-refractivity contribution < 1.29 is 4.74 Å². The van der Waals surface area contributed by atoms with Crippen molar-refractivity contribution in [2.75, 3.05) is 24.6 Å². The molecular formula is C28H29BrN2O. The summed E-state index contributed by atoms with van der Waals surface area (Å²) >= 11 is 3.64. The Morgan fingerprint density at radius 1 is 0.969 bits per heavy atom. The van der Waals surface area contributed by atoms with Crippen LogP contribution < -0.4 is 9.64 Å². The Morgan fingerprint density at radius 2 is 1.81 bits per heavy atom. The molecule has 0 aliphatic carbocycles. The molecule has 0 atom stereocenters. The summed E-state index contributed by atoms with van der Waals surface area (Å²) in [5, 5.41) is 1.22. The quantitative estimate of drug-likeness (QED) is 0.290. The number of ether oxygens (including phenoxy) is 1. The van der Waals surface area contributed by atoms with E-state index in [0.29, 0.717) is 6.61 Å². The second-order valence-corrected chi connectivity index (χ2v) is 10.2. The van der Waals surface area contributed by atoms with E-state index in [-0.39, 0.29) is 5.41 Å². The van der Waals surface area contributed by atoms with Crippen molar-refractivity contribution in [1.82, 2.24) is 4.57 Å². The standard InChI is InChI=1S/C28H29BrN2O/c1-28(2)13-15-30(27-10-8-23(29)19-25(27)28)16-17-32-24-9-11-26-22(18-24)12-14-31(26)20-21-6-4-3-5-7-21/h3-12,14,18-19H,13,15-17,20H2,1-2H3. The lowest BCUT2D eigenvalue weighted by molar-refractivity contribution is 0.319. The van der Waals surface area contributed by atoms with E-state index in [1.807, 2.05) is 0 Å². The highest BCUT2D eigenvalue weighted by Gasteiger charge is 2.31. The average molecular weight is 489 g/mol. The first kappa shape index (κ1) is 21.1. The molecule has 3 nitrogen and oxygen atoms in total. The van der Waals surface area contributed by atoms with Crippen LogP contribution in [0, 0.1) is 0 Å². The fourth-order valence-corrected chi connectivity index (χ4v) is 5.05. The Bertz CT molecular complexity index is 1230. The van der Waals surface area contributed by atoms with Gasteiger partial charge in [0.2, 0.25) is 0 Å². The van der Waals surface area contributed by atoms with Crippen molar-refractivity contribution in [3.8, 4) is 5.75 Å². The Balaban J connectivity index is 1.25. The zero-order chi connectivity index (χ0) is 22.1. The lowest BCUT2D eigenvalue weighted by Crippen LogP contribution is -2.39. The summed E-state index contributed by atoms with van der Waals surface area (Å²) in [6, 6.07) is 25.8. The zero-order valence-corrected chi connectivity index (χ0v) is 20.3. The summed E-state index contributed by atoms with van der Waals surface area (Å²) in [5.74, 6) is 0.934. The molecule has 1 aliphatic rings. The number of aromatic nitrogens is 1. The predicted octanol–water partition coefficient (Wildman–Crippen LogP) is 7.02. The third-order valence-corrected chi connectivity index (χ3v) is 7.10. The van der Waals surface area contributed by atoms with Gasteiger partial charge < -0.3 is 14.2 Å². The van der Waals surface area contributed by atoms with Gasteiger partial charge in [0, 0.05) is 40.3 Å². The van der Waals surface area contributed by atoms with E-state index in [9.17, 15) is 0 Å². The summed E-state index contributed by atoms with van der Waals surface area (Å²) in [4.78, 5) is 2.46. The maximum atomic E-state index is 6.17. The number of halogens is 1. The Labute approximate surface area is 198 Å². The molecule has 0 spiro atoms. The van der Waals surface area contributed by atoms with Crippen LogP contribution in [0.3, 0.4) is 0 Å². The van der Waals surface area contributed by atoms with E-state index in [2.05, 4.69) is 118 Å². The van der Waals surface area contributed by atoms with Crippen LogP contribution >= 0.6 is 15.9 Å². The summed E-state index contributed by atoms with van der Waals surface area (Å²) in [5.41, 5.74) is 5.50. The second-order valence-electron chi connectivity index (χ2n) is 9.28. The van der Waals surface area contributed by atoms with Gasteiger partial charge in [0.1, 0.15) is 12.4 Å². The van der Waals surface area contributed by atoms with Crippen molar-refractivity contribution in [2.45, 2.75) is 32.2 Å². The van der Waals surface area contributed by atoms with Crippen LogP contribution in [0.25, 0.3) is 10.9 Å². The van der Waals surface area contributed by atoms with Gasteiger partial charge in [-0.05, 0) is 65.4 Å². The first-order valence-corrected chi connectivity index (χ1v) is 12.1. The molecule has 4 heteroatoms. The van der Waals surface area contributed by atoms with Crippen LogP contribution in [-0.4, -0.2) is 24.3 Å². The number of nitrogens with zero attached hydrogens (tertiary/aromatic N) is 2. The average Bonchev–Trinajstić information content (AvgIpc) is 3.18. The van der Waals surface area contributed by atoms with Gasteiger partial charge in [0.25, 0.3) is 0 Å². The highest BCUT2D eigenvalue weighted by atomic mass is 79.9. The SMILES string of the molecule is CC1(C)CCN(CCOc2ccc3c(ccn3Cc3ccccc3)c2)c2ccc(Br)cc21. The van der Waals surface area contributed by atoms with Crippen LogP contribution in [0.4, 0.5) is 5.69 Å². The molecule has 164 valence electrons. The largest absolute Gasteiger partial charge is 0.492 e. The fourth-order valence-electron chi connectivity index (χ4n) is 4.69. The van der Waals surface area contributed by atoms with Crippen molar-refractivity contribution in [3.63, 3.8) is 0 Å². The minimum absolute atomic E-state index is 0.203. The molecule has 0 amide bonds. The Kier molecular flexibility index (Phi) is 5.73. The van der Waals surface area contributed by atoms with E-state index < -0.39 is 0 Å². The van der Waals surface area contributed by atoms with Gasteiger partial charge in [-0.3, -0.25) is 0 Å². The Morgan fingerprint density at radius 3 is 2.66 bits per heavy atom. The summed E-state index contributed by atoms with van der Waals surface area (Å²) in [7, 11) is 0. The maximum absolute atomic E-state index is 6.17. The summed E-state index contributed by atoms with van der Waals surface area (Å²) in [6.45, 7) is 8.18. The molecular weight excluding hydrogens is 460 g/mol. The molecule has 4 aromatic rings. The second kappa shape index (κ2) is 8.67. The van der Waals surface area contributed by atoms with Gasteiger partial charge in [-0.25, -0.2) is 0 Å². The summed E-state index contributed by atoms with van der Waals surface area (Å²) in [6.07, 6.45) is 3.31. The minimum atomic E-state index is 0.203. The molecule has 0 saturated heterocycles. The number of hydrogen-bond acceptors (Lipinski definition) is 2. The number of rotatable bonds is 6. The van der Waals surface area contributed by atoms with Gasteiger partial charge >= 0.3 is 0 Å². The van der Waals surface area contributed by atoms with Crippen LogP contribution in [0.1, 0.15) is 31.4 Å². The molecule has 0 N–H and O–H groups in total. The summed E-state index contributed by atoms with van der Waals surface area (Å²) < 4.78 is 9.61. The third kappa shape index (κ3) is 4.29. The monoisotopic (exact) mass is 488 g/mol. The van der Waals surface area contributed by atoms with E-state index in [1.54, 1.807) is 0 Å². The van der Waals surface area contributed by atoms with Crippen LogP contribution in [0.5, 0.6) is 5.75 Å². The predicted molar refractivity (Wildman–Crippen MR) is 137 cm³/mol. The number of benzene rings is 3. The van der Waals surface area contributed by atoms with Gasteiger partial charge in [0.15, 0.2) is 0 Å². The normalized spacial score (nSPS) is 15.0. The topological polar surface area (TPSA) is 17.4 Å². The highest BCUT2D eigenvalue weighted by molar-refractivity contribution is 9.10. The molecule has 0 unspecified atom stereocenters. The molecule has 5 rings (SSSR count). The molecule has 32 heavy (non-hydrogen) atoms. The highest BCUT2D eigenvalue weighted by Crippen LogP contribution is 2.40. The Hall–Kier alpha value is -2.72. The van der Waals surface area contributed by atoms with Gasteiger partial charge in [-0.15, -0.1) is 0 Å². The molecule has 0 fully saturated rings. The fraction of sp³-hybridized carbons (Fsp3) is 0.286. The molecule has 0 bridgehead atoms. The first-order chi connectivity index (χ1) is 15.5. The minimum Gasteiger partial charge on any atom is -0.492 e. The van der Waals surface area contributed by atoms with E-state index >= 15 is 0 Å². The van der Waals surface area contributed by atoms with Crippen molar-refractivity contribution in [1.29, 1.82) is 0 Å². The van der Waals surface area contributed by atoms with Gasteiger partial charge in [0.05, 0.1) is 6.54 Å². The number of hydrogen-bond donors (Lipinski definition) is 0. The molecule has 2 heterocycles. The third-order valence-electron chi connectivity index (χ3n) is 6.60. The van der Waals surface area contributed by atoms with Gasteiger partial charge in [-0.1, -0.05) is 60.1 Å².